The van der Waals surface area contributed by atoms with Crippen LogP contribution in [0.25, 0.3) is 11.4 Å². The van der Waals surface area contributed by atoms with Gasteiger partial charge in [-0.2, -0.15) is 0 Å². The van der Waals surface area contributed by atoms with Crippen molar-refractivity contribution in [1.29, 1.82) is 0 Å². The third-order valence-electron chi connectivity index (χ3n) is 4.33. The lowest BCUT2D eigenvalue weighted by Gasteiger charge is -2.28. The number of carbonyl (C=O) groups is 1. The number of amides is 1. The van der Waals surface area contributed by atoms with E-state index in [1.54, 1.807) is 12.5 Å². The second-order valence-electron chi connectivity index (χ2n) is 6.19. The molecule has 1 N–H and O–H groups in total. The van der Waals surface area contributed by atoms with E-state index >= 15 is 0 Å². The molecule has 0 saturated carbocycles. The van der Waals surface area contributed by atoms with Gasteiger partial charge in [0.25, 0.3) is 0 Å². The number of hydrogen-bond donors (Lipinski definition) is 1. The van der Waals surface area contributed by atoms with Crippen molar-refractivity contribution in [2.24, 2.45) is 13.0 Å². The Morgan fingerprint density at radius 2 is 2.38 bits per heavy atom. The van der Waals surface area contributed by atoms with Gasteiger partial charge in [0.1, 0.15) is 12.1 Å². The van der Waals surface area contributed by atoms with Crippen molar-refractivity contribution in [2.45, 2.75) is 38.7 Å². The zero-order valence-corrected chi connectivity index (χ0v) is 14.1. The van der Waals surface area contributed by atoms with Gasteiger partial charge in [0.05, 0.1) is 6.10 Å². The van der Waals surface area contributed by atoms with Crippen LogP contribution in [0, 0.1) is 5.92 Å². The van der Waals surface area contributed by atoms with Gasteiger partial charge in [0.15, 0.2) is 5.82 Å². The maximum Gasteiger partial charge on any atom is 0.228 e. The van der Waals surface area contributed by atoms with Crippen molar-refractivity contribution >= 4 is 11.7 Å². The van der Waals surface area contributed by atoms with E-state index in [9.17, 15) is 4.79 Å². The molecule has 7 nitrogen and oxygen atoms in total. The Morgan fingerprint density at radius 3 is 3.12 bits per heavy atom. The number of hydrogen-bond acceptors (Lipinski definition) is 5. The van der Waals surface area contributed by atoms with E-state index in [1.165, 1.54) is 0 Å². The van der Waals surface area contributed by atoms with Crippen LogP contribution in [-0.4, -0.2) is 38.4 Å². The van der Waals surface area contributed by atoms with E-state index in [4.69, 9.17) is 4.74 Å². The number of rotatable bonds is 5. The van der Waals surface area contributed by atoms with E-state index in [1.807, 2.05) is 23.7 Å². The molecule has 7 heteroatoms. The lowest BCUT2D eigenvalue weighted by atomic mass is 9.93. The van der Waals surface area contributed by atoms with Crippen LogP contribution >= 0.6 is 0 Å². The maximum absolute atomic E-state index is 12.5. The Morgan fingerprint density at radius 1 is 1.50 bits per heavy atom. The van der Waals surface area contributed by atoms with Crippen molar-refractivity contribution < 1.29 is 9.53 Å². The third kappa shape index (κ3) is 3.79. The Bertz CT molecular complexity index is 698. The fourth-order valence-corrected chi connectivity index (χ4v) is 3.05. The van der Waals surface area contributed by atoms with Crippen LogP contribution in [0.3, 0.4) is 0 Å². The first-order chi connectivity index (χ1) is 11.7. The highest BCUT2D eigenvalue weighted by Gasteiger charge is 2.27. The van der Waals surface area contributed by atoms with Crippen LogP contribution in [0.15, 0.2) is 24.7 Å². The molecule has 3 rings (SSSR count). The van der Waals surface area contributed by atoms with Gasteiger partial charge in [-0.15, -0.1) is 10.2 Å². The Labute approximate surface area is 141 Å². The molecule has 2 atom stereocenters. The molecule has 0 aromatic carbocycles. The molecule has 2 aromatic heterocycles. The topological polar surface area (TPSA) is 81.9 Å². The number of ether oxygens (including phenoxy) is 1. The molecule has 3 heterocycles. The average Bonchev–Trinajstić information content (AvgIpc) is 3.02. The fraction of sp³-hybridized carbons (Fsp3) is 0.529. The zero-order chi connectivity index (χ0) is 16.9. The van der Waals surface area contributed by atoms with Gasteiger partial charge in [0.2, 0.25) is 5.91 Å². The highest BCUT2D eigenvalue weighted by atomic mass is 16.5. The van der Waals surface area contributed by atoms with E-state index in [2.05, 4.69) is 27.4 Å². The highest BCUT2D eigenvalue weighted by Crippen LogP contribution is 2.25. The van der Waals surface area contributed by atoms with Crippen LogP contribution in [0.4, 0.5) is 5.82 Å². The van der Waals surface area contributed by atoms with Gasteiger partial charge in [0, 0.05) is 31.3 Å². The van der Waals surface area contributed by atoms with Crippen molar-refractivity contribution in [2.75, 3.05) is 11.9 Å². The number of nitrogens with one attached hydrogen (secondary N) is 1. The van der Waals surface area contributed by atoms with E-state index < -0.39 is 0 Å². The molecule has 0 radical (unpaired) electrons. The molecule has 0 aliphatic carbocycles. The van der Waals surface area contributed by atoms with Gasteiger partial charge >= 0.3 is 0 Å². The van der Waals surface area contributed by atoms with E-state index in [-0.39, 0.29) is 17.9 Å². The summed E-state index contributed by atoms with van der Waals surface area (Å²) >= 11 is 0. The predicted octanol–water partition coefficient (Wildman–Crippen LogP) is 2.41. The zero-order valence-electron chi connectivity index (χ0n) is 14.1. The quantitative estimate of drug-likeness (QED) is 0.911. The van der Waals surface area contributed by atoms with E-state index in [0.29, 0.717) is 12.4 Å². The van der Waals surface area contributed by atoms with Crippen LogP contribution < -0.4 is 5.32 Å². The highest BCUT2D eigenvalue weighted by molar-refractivity contribution is 5.92. The van der Waals surface area contributed by atoms with Crippen LogP contribution in [0.5, 0.6) is 0 Å². The normalized spacial score (nSPS) is 20.8. The first-order valence-electron chi connectivity index (χ1n) is 8.40. The lowest BCUT2D eigenvalue weighted by molar-refractivity contribution is -0.125. The molecular formula is C17H23N5O2. The minimum Gasteiger partial charge on any atom is -0.378 e. The molecule has 0 spiro atoms. The molecule has 0 bridgehead atoms. The molecule has 128 valence electrons. The molecule has 1 aliphatic heterocycles. The Hall–Kier alpha value is -2.28. The monoisotopic (exact) mass is 329 g/mol. The Kier molecular flexibility index (Phi) is 5.20. The smallest absolute Gasteiger partial charge is 0.228 e. The van der Waals surface area contributed by atoms with Crippen molar-refractivity contribution in [3.05, 3.63) is 24.7 Å². The van der Waals surface area contributed by atoms with Gasteiger partial charge in [-0.05, 0) is 31.4 Å². The summed E-state index contributed by atoms with van der Waals surface area (Å²) in [6, 6.07) is 3.68. The van der Waals surface area contributed by atoms with Crippen molar-refractivity contribution in [3.8, 4) is 11.4 Å². The summed E-state index contributed by atoms with van der Waals surface area (Å²) in [5, 5.41) is 10.9. The van der Waals surface area contributed by atoms with Crippen LogP contribution in [0.2, 0.25) is 0 Å². The first-order valence-corrected chi connectivity index (χ1v) is 8.40. The summed E-state index contributed by atoms with van der Waals surface area (Å²) in [6.45, 7) is 2.78. The molecular weight excluding hydrogens is 306 g/mol. The molecule has 1 amide bonds. The summed E-state index contributed by atoms with van der Waals surface area (Å²) in [7, 11) is 1.88. The minimum absolute atomic E-state index is 0.0158. The molecule has 1 saturated heterocycles. The van der Waals surface area contributed by atoms with Crippen molar-refractivity contribution in [3.63, 3.8) is 0 Å². The maximum atomic E-state index is 12.5. The van der Waals surface area contributed by atoms with Crippen LogP contribution in [-0.2, 0) is 16.6 Å². The number of nitrogens with zero attached hydrogens (tertiary/aromatic N) is 4. The summed E-state index contributed by atoms with van der Waals surface area (Å²) in [4.78, 5) is 16.8. The first kappa shape index (κ1) is 16.6. The molecule has 2 aromatic rings. The number of aromatic nitrogens is 4. The SMILES string of the molecule is CCC[C@@H]1C[C@H](C(=O)Nc2cc(-c3nncn3C)ccn2)CCO1. The number of anilines is 1. The average molecular weight is 329 g/mol. The standard InChI is InChI=1S/C17H23N5O2/c1-3-4-14-9-13(6-8-24-14)17(23)20-15-10-12(5-7-18-15)16-21-19-11-22(16)2/h5,7,10-11,13-14H,3-4,6,8-9H2,1-2H3,(H,18,20,23)/t13-,14-/m1/s1. The summed E-state index contributed by atoms with van der Waals surface area (Å²) in [5.74, 6) is 1.28. The third-order valence-corrected chi connectivity index (χ3v) is 4.33. The second-order valence-corrected chi connectivity index (χ2v) is 6.19. The largest absolute Gasteiger partial charge is 0.378 e. The van der Waals surface area contributed by atoms with Gasteiger partial charge < -0.3 is 14.6 Å². The summed E-state index contributed by atoms with van der Waals surface area (Å²) in [6.07, 6.45) is 7.12. The van der Waals surface area contributed by atoms with Gasteiger partial charge in [-0.1, -0.05) is 13.3 Å². The second kappa shape index (κ2) is 7.53. The Balaban J connectivity index is 1.67. The lowest BCUT2D eigenvalue weighted by Crippen LogP contribution is -2.33. The number of aryl methyl sites for hydroxylation is 1. The summed E-state index contributed by atoms with van der Waals surface area (Å²) in [5.41, 5.74) is 0.871. The minimum atomic E-state index is -0.0180. The van der Waals surface area contributed by atoms with E-state index in [0.717, 1.165) is 37.1 Å². The van der Waals surface area contributed by atoms with Gasteiger partial charge in [-0.3, -0.25) is 4.79 Å². The number of carbonyl (C=O) groups excluding carboxylic acids is 1. The fourth-order valence-electron chi connectivity index (χ4n) is 3.05. The van der Waals surface area contributed by atoms with Crippen molar-refractivity contribution in [1.82, 2.24) is 19.7 Å². The summed E-state index contributed by atoms with van der Waals surface area (Å²) < 4.78 is 7.54. The van der Waals surface area contributed by atoms with Gasteiger partial charge in [-0.25, -0.2) is 4.98 Å². The predicted molar refractivity (Wildman–Crippen MR) is 90.2 cm³/mol. The molecule has 1 aliphatic rings. The molecule has 24 heavy (non-hydrogen) atoms. The molecule has 1 fully saturated rings. The number of pyridine rings is 1. The molecule has 0 unspecified atom stereocenters. The van der Waals surface area contributed by atoms with Crippen LogP contribution in [0.1, 0.15) is 32.6 Å².